The summed E-state index contributed by atoms with van der Waals surface area (Å²) in [5.41, 5.74) is 1.43. The number of carbonyl (C=O) groups excluding carboxylic acids is 3. The Morgan fingerprint density at radius 3 is 2.52 bits per heavy atom. The van der Waals surface area contributed by atoms with Crippen molar-refractivity contribution in [3.63, 3.8) is 0 Å². The fourth-order valence-electron chi connectivity index (χ4n) is 4.36. The molecule has 2 aromatic carbocycles. The van der Waals surface area contributed by atoms with E-state index in [1.807, 2.05) is 30.3 Å². The summed E-state index contributed by atoms with van der Waals surface area (Å²) in [6, 6.07) is 17.4. The molecule has 174 valence electrons. The first kappa shape index (κ1) is 23.3. The Kier molecular flexibility index (Phi) is 7.67. The summed E-state index contributed by atoms with van der Waals surface area (Å²) in [6.45, 7) is 0.274. The molecule has 0 bridgehead atoms. The van der Waals surface area contributed by atoms with Gasteiger partial charge < -0.3 is 15.2 Å². The highest BCUT2D eigenvalue weighted by molar-refractivity contribution is 8.00. The van der Waals surface area contributed by atoms with E-state index in [-0.39, 0.29) is 29.9 Å². The zero-order valence-electron chi connectivity index (χ0n) is 18.3. The first-order valence-electron chi connectivity index (χ1n) is 11.2. The minimum Gasteiger partial charge on any atom is -0.461 e. The van der Waals surface area contributed by atoms with Gasteiger partial charge in [-0.05, 0) is 24.0 Å². The van der Waals surface area contributed by atoms with E-state index in [0.717, 1.165) is 24.2 Å². The van der Waals surface area contributed by atoms with Crippen molar-refractivity contribution >= 4 is 29.7 Å². The third-order valence-electron chi connectivity index (χ3n) is 6.06. The molecule has 7 nitrogen and oxygen atoms in total. The lowest BCUT2D eigenvalue weighted by atomic mass is 10.0. The first-order chi connectivity index (χ1) is 16.0. The Balaban J connectivity index is 1.27. The number of benzene rings is 2. The van der Waals surface area contributed by atoms with Gasteiger partial charge >= 0.3 is 12.0 Å². The molecular weight excluding hydrogens is 440 g/mol. The molecule has 2 heterocycles. The number of fused-ring (bicyclic) bond motifs is 1. The number of aliphatic hydroxyl groups is 1. The zero-order valence-corrected chi connectivity index (χ0v) is 19.1. The number of thioether (sulfide) groups is 1. The van der Waals surface area contributed by atoms with Gasteiger partial charge in [-0.1, -0.05) is 67.1 Å². The molecule has 4 rings (SSSR count). The second-order valence-electron chi connectivity index (χ2n) is 8.33. The molecule has 0 aromatic heterocycles. The smallest absolute Gasteiger partial charge is 0.324 e. The predicted octanol–water partition coefficient (Wildman–Crippen LogP) is 3.43. The highest BCUT2D eigenvalue weighted by Gasteiger charge is 2.51. The molecule has 2 aliphatic rings. The number of imide groups is 1. The van der Waals surface area contributed by atoms with Crippen LogP contribution in [-0.2, 0) is 20.9 Å². The monoisotopic (exact) mass is 468 g/mol. The molecule has 2 aliphatic heterocycles. The molecule has 0 saturated carbocycles. The average molecular weight is 469 g/mol. The lowest BCUT2D eigenvalue weighted by Gasteiger charge is -2.27. The summed E-state index contributed by atoms with van der Waals surface area (Å²) in [5.74, 6) is -0.0923. The number of aliphatic hydroxyl groups excluding tert-OH is 1. The van der Waals surface area contributed by atoms with Crippen LogP contribution in [-0.4, -0.2) is 51.0 Å². The van der Waals surface area contributed by atoms with Gasteiger partial charge in [-0.25, -0.2) is 4.79 Å². The van der Waals surface area contributed by atoms with E-state index in [4.69, 9.17) is 4.74 Å². The molecule has 4 atom stereocenters. The molecule has 1 unspecified atom stereocenters. The van der Waals surface area contributed by atoms with Gasteiger partial charge in [0, 0.05) is 17.4 Å². The van der Waals surface area contributed by atoms with Crippen LogP contribution in [0.15, 0.2) is 60.7 Å². The van der Waals surface area contributed by atoms with Crippen molar-refractivity contribution in [2.24, 2.45) is 0 Å². The van der Waals surface area contributed by atoms with Gasteiger partial charge in [0.2, 0.25) is 0 Å². The third-order valence-corrected chi connectivity index (χ3v) is 7.55. The lowest BCUT2D eigenvalue weighted by Crippen LogP contribution is -2.46. The van der Waals surface area contributed by atoms with Gasteiger partial charge in [0.1, 0.15) is 6.61 Å². The van der Waals surface area contributed by atoms with Gasteiger partial charge in [-0.3, -0.25) is 14.5 Å². The highest BCUT2D eigenvalue weighted by atomic mass is 32.2. The van der Waals surface area contributed by atoms with Crippen LogP contribution in [0.2, 0.25) is 0 Å². The second-order valence-corrected chi connectivity index (χ2v) is 9.60. The minimum atomic E-state index is -1.37. The van der Waals surface area contributed by atoms with Crippen LogP contribution >= 0.6 is 11.8 Å². The number of urea groups is 1. The van der Waals surface area contributed by atoms with Gasteiger partial charge in [-0.2, -0.15) is 11.8 Å². The molecule has 0 spiro atoms. The Labute approximate surface area is 197 Å². The molecule has 2 N–H and O–H groups in total. The number of hydrogen-bond donors (Lipinski definition) is 2. The average Bonchev–Trinajstić information content (AvgIpc) is 3.38. The number of nitrogens with zero attached hydrogens (tertiary/aromatic N) is 1. The summed E-state index contributed by atoms with van der Waals surface area (Å²) in [6.07, 6.45) is 1.22. The van der Waals surface area contributed by atoms with Crippen LogP contribution in [0.3, 0.4) is 0 Å². The van der Waals surface area contributed by atoms with Crippen LogP contribution in [0, 0.1) is 0 Å². The summed E-state index contributed by atoms with van der Waals surface area (Å²) < 4.78 is 5.32. The number of nitrogens with one attached hydrogen (secondary N) is 1. The number of hydrogen-bond acceptors (Lipinski definition) is 6. The summed E-state index contributed by atoms with van der Waals surface area (Å²) >= 11 is 1.73. The molecule has 8 heteroatoms. The predicted molar refractivity (Wildman–Crippen MR) is 125 cm³/mol. The van der Waals surface area contributed by atoms with E-state index in [1.54, 1.807) is 42.1 Å². The maximum Gasteiger partial charge on any atom is 0.324 e. The maximum atomic E-state index is 13.0. The van der Waals surface area contributed by atoms with E-state index in [0.29, 0.717) is 18.4 Å². The van der Waals surface area contributed by atoms with Crippen LogP contribution in [0.25, 0.3) is 0 Å². The Bertz CT molecular complexity index is 971. The van der Waals surface area contributed by atoms with Crippen molar-refractivity contribution < 1.29 is 24.2 Å². The van der Waals surface area contributed by atoms with Gasteiger partial charge in [0.15, 0.2) is 6.10 Å². The molecule has 33 heavy (non-hydrogen) atoms. The minimum absolute atomic E-state index is 0.0706. The van der Waals surface area contributed by atoms with Crippen molar-refractivity contribution in [1.29, 1.82) is 0 Å². The number of amides is 3. The number of carbonyl (C=O) groups is 3. The SMILES string of the molecule is O=C(CCCC[C@@H]1SC[C@@H]2NC(=O)N(C(=O)C(O)c3ccccc3)[C@@H]21)OCc1ccccc1. The third kappa shape index (κ3) is 5.57. The number of unbranched alkanes of at least 4 members (excludes halogenated alkanes) is 1. The van der Waals surface area contributed by atoms with Crippen LogP contribution in [0.5, 0.6) is 0 Å². The van der Waals surface area contributed by atoms with E-state index in [9.17, 15) is 19.5 Å². The molecular formula is C25H28N2O5S. The maximum absolute atomic E-state index is 13.0. The standard InChI is InChI=1S/C25H28N2O5S/c28-21(32-15-17-9-3-1-4-10-17)14-8-7-13-20-22-19(16-33-20)26-25(31)27(22)24(30)23(29)18-11-5-2-6-12-18/h1-6,9-12,19-20,22-23,29H,7-8,13-16H2,(H,26,31)/t19-,20-,22-,23?/m0/s1. The van der Waals surface area contributed by atoms with Crippen LogP contribution in [0.1, 0.15) is 42.9 Å². The Morgan fingerprint density at radius 1 is 1.09 bits per heavy atom. The lowest BCUT2D eigenvalue weighted by molar-refractivity contribution is -0.145. The summed E-state index contributed by atoms with van der Waals surface area (Å²) in [5, 5.41) is 13.5. The van der Waals surface area contributed by atoms with Crippen molar-refractivity contribution in [2.45, 2.75) is 55.7 Å². The Hall–Kier alpha value is -2.84. The number of ether oxygens (including phenoxy) is 1. The van der Waals surface area contributed by atoms with Crippen molar-refractivity contribution in [3.05, 3.63) is 71.8 Å². The van der Waals surface area contributed by atoms with E-state index in [1.165, 1.54) is 4.90 Å². The number of rotatable bonds is 9. The number of esters is 1. The quantitative estimate of drug-likeness (QED) is 0.333. The molecule has 0 radical (unpaired) electrons. The van der Waals surface area contributed by atoms with E-state index < -0.39 is 18.0 Å². The zero-order chi connectivity index (χ0) is 23.2. The second kappa shape index (κ2) is 10.9. The van der Waals surface area contributed by atoms with Crippen molar-refractivity contribution in [3.8, 4) is 0 Å². The molecule has 0 aliphatic carbocycles. The van der Waals surface area contributed by atoms with Gasteiger partial charge in [0.05, 0.1) is 12.1 Å². The first-order valence-corrected chi connectivity index (χ1v) is 12.3. The van der Waals surface area contributed by atoms with E-state index in [2.05, 4.69) is 5.32 Å². The fraction of sp³-hybridized carbons (Fsp3) is 0.400. The van der Waals surface area contributed by atoms with Gasteiger partial charge in [0.25, 0.3) is 5.91 Å². The Morgan fingerprint density at radius 2 is 1.79 bits per heavy atom. The summed E-state index contributed by atoms with van der Waals surface area (Å²) in [7, 11) is 0. The van der Waals surface area contributed by atoms with Gasteiger partial charge in [-0.15, -0.1) is 0 Å². The normalized spacial score (nSPS) is 22.5. The largest absolute Gasteiger partial charge is 0.461 e. The molecule has 3 amide bonds. The molecule has 2 saturated heterocycles. The van der Waals surface area contributed by atoms with Crippen LogP contribution in [0.4, 0.5) is 4.79 Å². The summed E-state index contributed by atoms with van der Waals surface area (Å²) in [4.78, 5) is 38.8. The molecule has 2 aromatic rings. The fourth-order valence-corrected chi connectivity index (χ4v) is 5.93. The van der Waals surface area contributed by atoms with Crippen LogP contribution < -0.4 is 5.32 Å². The van der Waals surface area contributed by atoms with Crippen molar-refractivity contribution in [1.82, 2.24) is 10.2 Å². The topological polar surface area (TPSA) is 95.9 Å². The van der Waals surface area contributed by atoms with E-state index >= 15 is 0 Å². The highest BCUT2D eigenvalue weighted by Crippen LogP contribution is 2.38. The molecule has 2 fully saturated rings. The van der Waals surface area contributed by atoms with Crippen molar-refractivity contribution in [2.75, 3.05) is 5.75 Å².